The van der Waals surface area contributed by atoms with Crippen molar-refractivity contribution in [2.24, 2.45) is 11.3 Å². The van der Waals surface area contributed by atoms with Crippen LogP contribution in [-0.2, 0) is 20.7 Å². The molecule has 124 valence electrons. The van der Waals surface area contributed by atoms with Gasteiger partial charge in [0.1, 0.15) is 11.2 Å². The van der Waals surface area contributed by atoms with E-state index in [0.717, 1.165) is 12.0 Å². The molecular weight excluding hydrogens is 292 g/mol. The molecule has 0 saturated heterocycles. The zero-order valence-corrected chi connectivity index (χ0v) is 14.1. The molecule has 0 amide bonds. The molecule has 0 aromatic heterocycles. The maximum Gasteiger partial charge on any atom is 0.320 e. The Morgan fingerprint density at radius 2 is 2.00 bits per heavy atom. The number of esters is 1. The molecule has 0 saturated carbocycles. The number of methoxy groups -OCH3 is 1. The van der Waals surface area contributed by atoms with E-state index in [1.54, 1.807) is 6.07 Å². The normalized spacial score (nSPS) is 21.4. The molecule has 4 heteroatoms. The SMILES string of the molecule is CCC[C@@H](CC(C)=O)[C@@]1(C(=O)OC)CCc2ccccc2C1=O. The van der Waals surface area contributed by atoms with E-state index in [1.807, 2.05) is 25.1 Å². The number of carbonyl (C=O) groups is 3. The van der Waals surface area contributed by atoms with Gasteiger partial charge in [-0.3, -0.25) is 9.59 Å². The monoisotopic (exact) mass is 316 g/mol. The number of Topliss-reactive ketones (excluding diaryl/α,β-unsaturated/α-hetero) is 2. The summed E-state index contributed by atoms with van der Waals surface area (Å²) in [7, 11) is 1.31. The summed E-state index contributed by atoms with van der Waals surface area (Å²) in [5, 5.41) is 0. The van der Waals surface area contributed by atoms with Crippen LogP contribution >= 0.6 is 0 Å². The molecule has 1 aliphatic rings. The number of rotatable bonds is 6. The van der Waals surface area contributed by atoms with Crippen molar-refractivity contribution in [3.8, 4) is 0 Å². The van der Waals surface area contributed by atoms with Crippen LogP contribution in [0.5, 0.6) is 0 Å². The third-order valence-corrected chi connectivity index (χ3v) is 4.87. The van der Waals surface area contributed by atoms with Crippen molar-refractivity contribution in [1.29, 1.82) is 0 Å². The zero-order chi connectivity index (χ0) is 17.0. The summed E-state index contributed by atoms with van der Waals surface area (Å²) >= 11 is 0. The minimum absolute atomic E-state index is 0.00149. The molecule has 0 spiro atoms. The summed E-state index contributed by atoms with van der Waals surface area (Å²) in [5.74, 6) is -1.00. The average molecular weight is 316 g/mol. The molecule has 1 aliphatic carbocycles. The molecule has 0 fully saturated rings. The number of hydrogen-bond donors (Lipinski definition) is 0. The van der Waals surface area contributed by atoms with Gasteiger partial charge in [-0.1, -0.05) is 37.6 Å². The first kappa shape index (κ1) is 17.4. The molecule has 0 unspecified atom stereocenters. The molecule has 2 rings (SSSR count). The summed E-state index contributed by atoms with van der Waals surface area (Å²) in [6.45, 7) is 3.51. The molecule has 0 heterocycles. The topological polar surface area (TPSA) is 60.4 Å². The fraction of sp³-hybridized carbons (Fsp3) is 0.526. The van der Waals surface area contributed by atoms with Gasteiger partial charge in [-0.05, 0) is 37.7 Å². The fourth-order valence-electron chi connectivity index (χ4n) is 3.80. The predicted molar refractivity (Wildman–Crippen MR) is 87.2 cm³/mol. The lowest BCUT2D eigenvalue weighted by Gasteiger charge is -2.40. The molecule has 4 nitrogen and oxygen atoms in total. The van der Waals surface area contributed by atoms with Gasteiger partial charge in [0.25, 0.3) is 0 Å². The van der Waals surface area contributed by atoms with Crippen molar-refractivity contribution in [2.45, 2.75) is 46.0 Å². The van der Waals surface area contributed by atoms with Gasteiger partial charge in [0, 0.05) is 12.0 Å². The van der Waals surface area contributed by atoms with Crippen LogP contribution in [0.1, 0.15) is 55.5 Å². The lowest BCUT2D eigenvalue weighted by Crippen LogP contribution is -2.49. The molecule has 2 atom stereocenters. The Bertz CT molecular complexity index is 620. The second-order valence-corrected chi connectivity index (χ2v) is 6.34. The molecule has 0 N–H and O–H groups in total. The molecule has 1 aromatic rings. The van der Waals surface area contributed by atoms with Gasteiger partial charge in [0.2, 0.25) is 0 Å². The van der Waals surface area contributed by atoms with E-state index in [4.69, 9.17) is 4.74 Å². The van der Waals surface area contributed by atoms with Crippen molar-refractivity contribution < 1.29 is 19.1 Å². The molecular formula is C19H24O4. The number of hydrogen-bond acceptors (Lipinski definition) is 4. The lowest BCUT2D eigenvalue weighted by atomic mass is 9.61. The fourth-order valence-corrected chi connectivity index (χ4v) is 3.80. The molecule has 1 aromatic carbocycles. The van der Waals surface area contributed by atoms with Gasteiger partial charge in [-0.25, -0.2) is 0 Å². The number of aryl methyl sites for hydroxylation is 1. The lowest BCUT2D eigenvalue weighted by molar-refractivity contribution is -0.154. The van der Waals surface area contributed by atoms with Crippen LogP contribution in [0.3, 0.4) is 0 Å². The Morgan fingerprint density at radius 3 is 2.61 bits per heavy atom. The van der Waals surface area contributed by atoms with Crippen molar-refractivity contribution in [3.05, 3.63) is 35.4 Å². The van der Waals surface area contributed by atoms with E-state index >= 15 is 0 Å². The maximum atomic E-state index is 13.2. The third kappa shape index (κ3) is 3.07. The van der Waals surface area contributed by atoms with Crippen molar-refractivity contribution in [3.63, 3.8) is 0 Å². The van der Waals surface area contributed by atoms with Gasteiger partial charge < -0.3 is 9.53 Å². The first-order valence-electron chi connectivity index (χ1n) is 8.18. The van der Waals surface area contributed by atoms with Gasteiger partial charge in [-0.2, -0.15) is 0 Å². The summed E-state index contributed by atoms with van der Waals surface area (Å²) in [6.07, 6.45) is 2.76. The second kappa shape index (κ2) is 7.07. The van der Waals surface area contributed by atoms with E-state index in [-0.39, 0.29) is 23.9 Å². The summed E-state index contributed by atoms with van der Waals surface area (Å²) in [6, 6.07) is 7.40. The van der Waals surface area contributed by atoms with Gasteiger partial charge in [0.05, 0.1) is 7.11 Å². The first-order valence-corrected chi connectivity index (χ1v) is 8.18. The van der Waals surface area contributed by atoms with Gasteiger partial charge in [-0.15, -0.1) is 0 Å². The highest BCUT2D eigenvalue weighted by Gasteiger charge is 2.54. The van der Waals surface area contributed by atoms with E-state index in [9.17, 15) is 14.4 Å². The van der Waals surface area contributed by atoms with E-state index < -0.39 is 11.4 Å². The van der Waals surface area contributed by atoms with Crippen molar-refractivity contribution >= 4 is 17.5 Å². The zero-order valence-electron chi connectivity index (χ0n) is 14.1. The minimum atomic E-state index is -1.23. The number of ketones is 2. The predicted octanol–water partition coefficient (Wildman–Crippen LogP) is 3.37. The minimum Gasteiger partial charge on any atom is -0.468 e. The number of carbonyl (C=O) groups excluding carboxylic acids is 3. The van der Waals surface area contributed by atoms with Crippen LogP contribution < -0.4 is 0 Å². The summed E-state index contributed by atoms with van der Waals surface area (Å²) < 4.78 is 5.02. The number of ether oxygens (including phenoxy) is 1. The molecule has 0 bridgehead atoms. The van der Waals surface area contributed by atoms with Crippen molar-refractivity contribution in [1.82, 2.24) is 0 Å². The first-order chi connectivity index (χ1) is 11.0. The van der Waals surface area contributed by atoms with Gasteiger partial charge in [0.15, 0.2) is 5.78 Å². The van der Waals surface area contributed by atoms with Crippen LogP contribution in [-0.4, -0.2) is 24.6 Å². The Morgan fingerprint density at radius 1 is 1.30 bits per heavy atom. The highest BCUT2D eigenvalue weighted by molar-refractivity contribution is 6.14. The average Bonchev–Trinajstić information content (AvgIpc) is 2.54. The summed E-state index contributed by atoms with van der Waals surface area (Å²) in [5.41, 5.74) is 0.328. The van der Waals surface area contributed by atoms with Crippen LogP contribution in [0, 0.1) is 11.3 Å². The van der Waals surface area contributed by atoms with Crippen LogP contribution in [0.2, 0.25) is 0 Å². The smallest absolute Gasteiger partial charge is 0.320 e. The standard InChI is InChI=1S/C19H24O4/c1-4-7-15(12-13(2)20)19(18(22)23-3)11-10-14-8-5-6-9-16(14)17(19)21/h5-6,8-9,15H,4,7,10-12H2,1-3H3/t15-,19-/m0/s1. The Balaban J connectivity index is 2.54. The van der Waals surface area contributed by atoms with E-state index in [1.165, 1.54) is 14.0 Å². The summed E-state index contributed by atoms with van der Waals surface area (Å²) in [4.78, 5) is 37.6. The second-order valence-electron chi connectivity index (χ2n) is 6.34. The van der Waals surface area contributed by atoms with Gasteiger partial charge >= 0.3 is 5.97 Å². The van der Waals surface area contributed by atoms with Crippen LogP contribution in [0.25, 0.3) is 0 Å². The largest absolute Gasteiger partial charge is 0.468 e. The highest BCUT2D eigenvalue weighted by atomic mass is 16.5. The van der Waals surface area contributed by atoms with E-state index in [2.05, 4.69) is 0 Å². The molecule has 0 radical (unpaired) electrons. The Hall–Kier alpha value is -1.97. The molecule has 0 aliphatic heterocycles. The highest BCUT2D eigenvalue weighted by Crippen LogP contribution is 2.45. The Kier molecular flexibility index (Phi) is 5.34. The number of benzene rings is 1. The van der Waals surface area contributed by atoms with E-state index in [0.29, 0.717) is 24.8 Å². The maximum absolute atomic E-state index is 13.2. The number of fused-ring (bicyclic) bond motifs is 1. The Labute approximate surface area is 137 Å². The van der Waals surface area contributed by atoms with Crippen LogP contribution in [0.15, 0.2) is 24.3 Å². The van der Waals surface area contributed by atoms with Crippen molar-refractivity contribution in [2.75, 3.05) is 7.11 Å². The quantitative estimate of drug-likeness (QED) is 0.596. The van der Waals surface area contributed by atoms with Crippen LogP contribution in [0.4, 0.5) is 0 Å². The third-order valence-electron chi connectivity index (χ3n) is 4.87. The molecule has 23 heavy (non-hydrogen) atoms.